The lowest BCUT2D eigenvalue weighted by molar-refractivity contribution is -0.137. The summed E-state index contributed by atoms with van der Waals surface area (Å²) in [6.07, 6.45) is -3.16. The van der Waals surface area contributed by atoms with Gasteiger partial charge >= 0.3 is 6.18 Å². The highest BCUT2D eigenvalue weighted by Crippen LogP contribution is 2.36. The number of fused-ring (bicyclic) bond motifs is 1. The topological polar surface area (TPSA) is 71.8 Å². The number of carbonyl (C=O) groups is 1. The van der Waals surface area contributed by atoms with Crippen LogP contribution in [-0.2, 0) is 11.0 Å². The largest absolute Gasteiger partial charge is 0.416 e. The van der Waals surface area contributed by atoms with E-state index in [4.69, 9.17) is 11.6 Å². The third kappa shape index (κ3) is 3.76. The Morgan fingerprint density at radius 1 is 1.20 bits per heavy atom. The van der Waals surface area contributed by atoms with Crippen molar-refractivity contribution in [1.82, 2.24) is 14.8 Å². The summed E-state index contributed by atoms with van der Waals surface area (Å²) in [5.41, 5.74) is 0.726. The zero-order chi connectivity index (χ0) is 21.5. The number of carbonyl (C=O) groups excluding carboxylic acids is 1. The van der Waals surface area contributed by atoms with Crippen LogP contribution in [0.25, 0.3) is 0 Å². The van der Waals surface area contributed by atoms with Crippen LogP contribution < -0.4 is 10.6 Å². The first-order valence-electron chi connectivity index (χ1n) is 8.85. The maximum atomic E-state index is 13.1. The molecule has 0 aliphatic carbocycles. The van der Waals surface area contributed by atoms with Crippen LogP contribution in [0.3, 0.4) is 0 Å². The lowest BCUT2D eigenvalue weighted by Gasteiger charge is -2.28. The summed E-state index contributed by atoms with van der Waals surface area (Å²) in [7, 11) is 0. The van der Waals surface area contributed by atoms with Crippen molar-refractivity contribution >= 4 is 29.1 Å². The summed E-state index contributed by atoms with van der Waals surface area (Å²) < 4.78 is 40.6. The van der Waals surface area contributed by atoms with Crippen LogP contribution >= 0.6 is 11.6 Å². The van der Waals surface area contributed by atoms with Crippen molar-refractivity contribution in [3.05, 3.63) is 82.3 Å². The van der Waals surface area contributed by atoms with Gasteiger partial charge in [0.05, 0.1) is 11.1 Å². The molecule has 154 valence electrons. The fourth-order valence-corrected chi connectivity index (χ4v) is 3.44. The number of anilines is 2. The molecule has 2 heterocycles. The molecule has 0 saturated carbocycles. The molecule has 3 aromatic rings. The van der Waals surface area contributed by atoms with E-state index in [-0.39, 0.29) is 5.69 Å². The van der Waals surface area contributed by atoms with Crippen molar-refractivity contribution in [1.29, 1.82) is 0 Å². The SMILES string of the molecule is CC1=C(C(=O)Nc2cccc(C(F)(F)F)c2)[C@@H](c2ccc(Cl)cc2)n2ncnc2N1. The zero-order valence-corrected chi connectivity index (χ0v) is 16.3. The third-order valence-corrected chi connectivity index (χ3v) is 4.92. The van der Waals surface area contributed by atoms with Crippen molar-refractivity contribution in [3.8, 4) is 0 Å². The second-order valence-corrected chi connectivity index (χ2v) is 7.12. The Balaban J connectivity index is 1.72. The number of halogens is 4. The molecule has 10 heteroatoms. The summed E-state index contributed by atoms with van der Waals surface area (Å²) in [6.45, 7) is 1.70. The number of nitrogens with one attached hydrogen (secondary N) is 2. The highest BCUT2D eigenvalue weighted by molar-refractivity contribution is 6.30. The quantitative estimate of drug-likeness (QED) is 0.617. The van der Waals surface area contributed by atoms with Gasteiger partial charge in [-0.25, -0.2) is 4.68 Å². The van der Waals surface area contributed by atoms with E-state index < -0.39 is 23.7 Å². The number of hydrogen-bond donors (Lipinski definition) is 2. The first-order valence-corrected chi connectivity index (χ1v) is 9.23. The van der Waals surface area contributed by atoms with Gasteiger partial charge in [-0.15, -0.1) is 0 Å². The molecule has 1 amide bonds. The number of amides is 1. The average molecular weight is 434 g/mol. The first kappa shape index (κ1) is 20.0. The van der Waals surface area contributed by atoms with Gasteiger partial charge in [-0.2, -0.15) is 23.3 Å². The molecule has 30 heavy (non-hydrogen) atoms. The highest BCUT2D eigenvalue weighted by atomic mass is 35.5. The summed E-state index contributed by atoms with van der Waals surface area (Å²) in [6, 6.07) is 10.7. The van der Waals surface area contributed by atoms with Crippen LogP contribution in [0, 0.1) is 0 Å². The molecular formula is C20H15ClF3N5O. The first-order chi connectivity index (χ1) is 14.2. The zero-order valence-electron chi connectivity index (χ0n) is 15.5. The molecule has 0 bridgehead atoms. The Morgan fingerprint density at radius 2 is 1.93 bits per heavy atom. The van der Waals surface area contributed by atoms with Crippen molar-refractivity contribution < 1.29 is 18.0 Å². The molecule has 1 aliphatic heterocycles. The highest BCUT2D eigenvalue weighted by Gasteiger charge is 2.34. The van der Waals surface area contributed by atoms with Gasteiger partial charge in [0.1, 0.15) is 12.4 Å². The van der Waals surface area contributed by atoms with Crippen molar-refractivity contribution in [2.45, 2.75) is 19.1 Å². The maximum absolute atomic E-state index is 13.1. The van der Waals surface area contributed by atoms with E-state index in [1.54, 1.807) is 31.2 Å². The minimum absolute atomic E-state index is 0.0365. The molecular weight excluding hydrogens is 419 g/mol. The van der Waals surface area contributed by atoms with Gasteiger partial charge < -0.3 is 10.6 Å². The van der Waals surface area contributed by atoms with Crippen molar-refractivity contribution in [3.63, 3.8) is 0 Å². The number of nitrogens with zero attached hydrogens (tertiary/aromatic N) is 3. The van der Waals surface area contributed by atoms with Gasteiger partial charge in [0.15, 0.2) is 0 Å². The molecule has 6 nitrogen and oxygen atoms in total. The number of alkyl halides is 3. The summed E-state index contributed by atoms with van der Waals surface area (Å²) in [4.78, 5) is 17.3. The van der Waals surface area contributed by atoms with Crippen molar-refractivity contribution in [2.24, 2.45) is 0 Å². The Labute approximate surface area is 174 Å². The average Bonchev–Trinajstić information content (AvgIpc) is 3.15. The summed E-state index contributed by atoms with van der Waals surface area (Å²) in [5, 5.41) is 10.3. The molecule has 0 radical (unpaired) electrons. The number of hydrogen-bond acceptors (Lipinski definition) is 4. The summed E-state index contributed by atoms with van der Waals surface area (Å²) in [5.74, 6) is -0.108. The predicted molar refractivity (Wildman–Crippen MR) is 106 cm³/mol. The normalized spacial score (nSPS) is 16.1. The second-order valence-electron chi connectivity index (χ2n) is 6.68. The Bertz CT molecular complexity index is 1140. The minimum Gasteiger partial charge on any atom is -0.328 e. The van der Waals surface area contributed by atoms with Crippen LogP contribution in [0.4, 0.5) is 24.8 Å². The van der Waals surface area contributed by atoms with E-state index in [0.717, 1.165) is 17.7 Å². The molecule has 0 spiro atoms. The summed E-state index contributed by atoms with van der Waals surface area (Å²) >= 11 is 5.99. The van der Waals surface area contributed by atoms with Gasteiger partial charge in [-0.3, -0.25) is 4.79 Å². The fraction of sp³-hybridized carbons (Fsp3) is 0.150. The van der Waals surface area contributed by atoms with Gasteiger partial charge in [-0.1, -0.05) is 29.8 Å². The molecule has 4 rings (SSSR count). The predicted octanol–water partition coefficient (Wildman–Crippen LogP) is 4.88. The van der Waals surface area contributed by atoms with E-state index in [1.807, 2.05) is 0 Å². The Hall–Kier alpha value is -3.33. The molecule has 0 fully saturated rings. The van der Waals surface area contributed by atoms with Gasteiger partial charge in [0.25, 0.3) is 5.91 Å². The number of rotatable bonds is 3. The second kappa shape index (κ2) is 7.49. The molecule has 0 unspecified atom stereocenters. The molecule has 1 aromatic heterocycles. The standard InChI is InChI=1S/C20H15ClF3N5O/c1-11-16(18(30)28-15-4-2-3-13(9-15)20(22,23)24)17(12-5-7-14(21)8-6-12)29-19(27-11)25-10-26-29/h2-10,17H,1H3,(H,28,30)(H,25,26,27)/t17-/m1/s1. The number of allylic oxidation sites excluding steroid dienone is 1. The smallest absolute Gasteiger partial charge is 0.328 e. The van der Waals surface area contributed by atoms with E-state index >= 15 is 0 Å². The van der Waals surface area contributed by atoms with Crippen LogP contribution in [-0.4, -0.2) is 20.7 Å². The van der Waals surface area contributed by atoms with E-state index in [0.29, 0.717) is 22.2 Å². The Kier molecular flexibility index (Phi) is 4.98. The lowest BCUT2D eigenvalue weighted by Crippen LogP contribution is -2.31. The Morgan fingerprint density at radius 3 is 2.63 bits per heavy atom. The third-order valence-electron chi connectivity index (χ3n) is 4.67. The lowest BCUT2D eigenvalue weighted by atomic mass is 9.95. The fourth-order valence-electron chi connectivity index (χ4n) is 3.31. The molecule has 1 atom stereocenters. The van der Waals surface area contributed by atoms with E-state index in [9.17, 15) is 18.0 Å². The van der Waals surface area contributed by atoms with Crippen molar-refractivity contribution in [2.75, 3.05) is 10.6 Å². The molecule has 1 aliphatic rings. The van der Waals surface area contributed by atoms with E-state index in [2.05, 4.69) is 20.7 Å². The number of benzene rings is 2. The van der Waals surface area contributed by atoms with Gasteiger partial charge in [0, 0.05) is 16.4 Å². The van der Waals surface area contributed by atoms with Crippen LogP contribution in [0.15, 0.2) is 66.1 Å². The number of aromatic nitrogens is 3. The van der Waals surface area contributed by atoms with Crippen LogP contribution in [0.5, 0.6) is 0 Å². The minimum atomic E-state index is -4.51. The molecule has 2 N–H and O–H groups in total. The monoisotopic (exact) mass is 433 g/mol. The maximum Gasteiger partial charge on any atom is 0.416 e. The van der Waals surface area contributed by atoms with Gasteiger partial charge in [0.2, 0.25) is 5.95 Å². The van der Waals surface area contributed by atoms with Crippen LogP contribution in [0.2, 0.25) is 5.02 Å². The molecule has 0 saturated heterocycles. The van der Waals surface area contributed by atoms with Gasteiger partial charge in [-0.05, 0) is 42.8 Å². The van der Waals surface area contributed by atoms with E-state index in [1.165, 1.54) is 23.1 Å². The molecule has 2 aromatic carbocycles. The van der Waals surface area contributed by atoms with Crippen LogP contribution in [0.1, 0.15) is 24.1 Å².